The van der Waals surface area contributed by atoms with Gasteiger partial charge in [-0.05, 0) is 32.9 Å². The zero-order valence-electron chi connectivity index (χ0n) is 13.8. The van der Waals surface area contributed by atoms with E-state index in [-0.39, 0.29) is 10.6 Å². The molecule has 3 rings (SSSR count). The summed E-state index contributed by atoms with van der Waals surface area (Å²) in [5, 5.41) is 5.57. The molecule has 0 spiro atoms. The molecule has 0 saturated heterocycles. The molecule has 0 radical (unpaired) electrons. The zero-order chi connectivity index (χ0) is 17.3. The highest BCUT2D eigenvalue weighted by molar-refractivity contribution is 7.98. The highest BCUT2D eigenvalue weighted by Gasteiger charge is 2.19. The molecule has 6 heteroatoms. The van der Waals surface area contributed by atoms with Crippen LogP contribution in [0.5, 0.6) is 0 Å². The van der Waals surface area contributed by atoms with Crippen LogP contribution in [0.1, 0.15) is 26.5 Å². The van der Waals surface area contributed by atoms with Gasteiger partial charge in [0.2, 0.25) is 0 Å². The molecule has 3 aromatic rings. The van der Waals surface area contributed by atoms with Crippen LogP contribution in [0.25, 0.3) is 10.9 Å². The molecule has 24 heavy (non-hydrogen) atoms. The van der Waals surface area contributed by atoms with Crippen molar-refractivity contribution in [1.82, 2.24) is 14.8 Å². The van der Waals surface area contributed by atoms with E-state index in [1.807, 2.05) is 51.1 Å². The summed E-state index contributed by atoms with van der Waals surface area (Å²) in [5.74, 6) is 0.630. The van der Waals surface area contributed by atoms with Crippen molar-refractivity contribution in [3.05, 3.63) is 63.7 Å². The predicted octanol–water partition coefficient (Wildman–Crippen LogP) is 4.49. The molecular formula is C18H18ClN3OS. The van der Waals surface area contributed by atoms with Gasteiger partial charge in [0.05, 0.1) is 27.8 Å². The van der Waals surface area contributed by atoms with E-state index >= 15 is 0 Å². The summed E-state index contributed by atoms with van der Waals surface area (Å²) in [5.41, 5.74) is 1.24. The fraction of sp³-hybridized carbons (Fsp3) is 0.278. The number of hydrogen-bond donors (Lipinski definition) is 0. The Morgan fingerprint density at radius 1 is 1.17 bits per heavy atom. The van der Waals surface area contributed by atoms with E-state index in [0.717, 1.165) is 16.6 Å². The molecule has 0 aliphatic carbocycles. The van der Waals surface area contributed by atoms with Crippen LogP contribution in [-0.4, -0.2) is 14.8 Å². The SMILES string of the molecule is CC(C)(C)n1ncc(SCc2ccc3ccccc3n2)c(Cl)c1=O. The quantitative estimate of drug-likeness (QED) is 0.646. The Morgan fingerprint density at radius 3 is 2.67 bits per heavy atom. The molecule has 0 aliphatic heterocycles. The zero-order valence-corrected chi connectivity index (χ0v) is 15.4. The number of halogens is 1. The van der Waals surface area contributed by atoms with Crippen LogP contribution in [0.2, 0.25) is 5.02 Å². The maximum absolute atomic E-state index is 12.4. The molecular weight excluding hydrogens is 342 g/mol. The van der Waals surface area contributed by atoms with Crippen molar-refractivity contribution >= 4 is 34.3 Å². The molecule has 124 valence electrons. The molecule has 0 saturated carbocycles. The Bertz CT molecular complexity index is 947. The van der Waals surface area contributed by atoms with Crippen molar-refractivity contribution < 1.29 is 0 Å². The molecule has 0 unspecified atom stereocenters. The number of benzene rings is 1. The lowest BCUT2D eigenvalue weighted by Gasteiger charge is -2.21. The summed E-state index contributed by atoms with van der Waals surface area (Å²) in [4.78, 5) is 17.7. The van der Waals surface area contributed by atoms with Crippen molar-refractivity contribution in [3.63, 3.8) is 0 Å². The summed E-state index contributed by atoms with van der Waals surface area (Å²) in [6.07, 6.45) is 1.65. The van der Waals surface area contributed by atoms with Crippen LogP contribution >= 0.6 is 23.4 Å². The monoisotopic (exact) mass is 359 g/mol. The van der Waals surface area contributed by atoms with E-state index in [2.05, 4.69) is 16.1 Å². The molecule has 1 aromatic carbocycles. The first-order chi connectivity index (χ1) is 11.4. The minimum Gasteiger partial charge on any atom is -0.266 e. The third kappa shape index (κ3) is 3.47. The Morgan fingerprint density at radius 2 is 1.92 bits per heavy atom. The van der Waals surface area contributed by atoms with E-state index in [9.17, 15) is 4.79 Å². The third-order valence-electron chi connectivity index (χ3n) is 3.55. The fourth-order valence-electron chi connectivity index (χ4n) is 2.34. The maximum atomic E-state index is 12.4. The second kappa shape index (κ2) is 6.57. The second-order valence-corrected chi connectivity index (χ2v) is 7.89. The van der Waals surface area contributed by atoms with Crippen molar-refractivity contribution in [1.29, 1.82) is 0 Å². The maximum Gasteiger partial charge on any atom is 0.287 e. The normalized spacial score (nSPS) is 11.8. The molecule has 0 amide bonds. The molecule has 0 fully saturated rings. The lowest BCUT2D eigenvalue weighted by molar-refractivity contribution is 0.336. The lowest BCUT2D eigenvalue weighted by atomic mass is 10.1. The third-order valence-corrected chi connectivity index (χ3v) is 5.09. The van der Waals surface area contributed by atoms with Crippen molar-refractivity contribution in [2.24, 2.45) is 0 Å². The molecule has 0 atom stereocenters. The highest BCUT2D eigenvalue weighted by Crippen LogP contribution is 2.27. The molecule has 2 aromatic heterocycles. The Balaban J connectivity index is 1.83. The van der Waals surface area contributed by atoms with Gasteiger partial charge < -0.3 is 0 Å². The summed E-state index contributed by atoms with van der Waals surface area (Å²) in [6.45, 7) is 5.76. The van der Waals surface area contributed by atoms with Gasteiger partial charge in [0.1, 0.15) is 5.02 Å². The number of hydrogen-bond acceptors (Lipinski definition) is 4. The lowest BCUT2D eigenvalue weighted by Crippen LogP contribution is -2.36. The van der Waals surface area contributed by atoms with Crippen LogP contribution in [-0.2, 0) is 11.3 Å². The van der Waals surface area contributed by atoms with Crippen molar-refractivity contribution in [2.75, 3.05) is 0 Å². The van der Waals surface area contributed by atoms with Crippen LogP contribution in [0.4, 0.5) is 0 Å². The van der Waals surface area contributed by atoms with Crippen LogP contribution in [0.15, 0.2) is 52.3 Å². The Labute approximate surface area is 149 Å². The Kier molecular flexibility index (Phi) is 4.65. The van der Waals surface area contributed by atoms with Crippen molar-refractivity contribution in [3.8, 4) is 0 Å². The molecule has 0 aliphatic rings. The smallest absolute Gasteiger partial charge is 0.266 e. The summed E-state index contributed by atoms with van der Waals surface area (Å²) in [6, 6.07) is 12.0. The van der Waals surface area contributed by atoms with E-state index < -0.39 is 5.54 Å². The predicted molar refractivity (Wildman–Crippen MR) is 99.8 cm³/mol. The van der Waals surface area contributed by atoms with E-state index in [4.69, 9.17) is 11.6 Å². The van der Waals surface area contributed by atoms with Gasteiger partial charge in [-0.25, -0.2) is 4.68 Å². The molecule has 0 N–H and O–H groups in total. The highest BCUT2D eigenvalue weighted by atomic mass is 35.5. The summed E-state index contributed by atoms with van der Waals surface area (Å²) < 4.78 is 1.41. The van der Waals surface area contributed by atoms with Gasteiger partial charge >= 0.3 is 0 Å². The first kappa shape index (κ1) is 17.0. The largest absolute Gasteiger partial charge is 0.287 e. The van der Waals surface area contributed by atoms with Gasteiger partial charge in [-0.3, -0.25) is 9.78 Å². The van der Waals surface area contributed by atoms with Crippen LogP contribution < -0.4 is 5.56 Å². The first-order valence-corrected chi connectivity index (χ1v) is 8.98. The molecule has 0 bridgehead atoms. The number of para-hydroxylation sites is 1. The number of pyridine rings is 1. The number of aromatic nitrogens is 3. The van der Waals surface area contributed by atoms with Gasteiger partial charge in [-0.2, -0.15) is 5.10 Å². The Hall–Kier alpha value is -1.85. The topological polar surface area (TPSA) is 47.8 Å². The van der Waals surface area contributed by atoms with Crippen LogP contribution in [0, 0.1) is 0 Å². The molecule has 4 nitrogen and oxygen atoms in total. The van der Waals surface area contributed by atoms with Gasteiger partial charge in [0, 0.05) is 11.1 Å². The van der Waals surface area contributed by atoms with E-state index in [0.29, 0.717) is 10.6 Å². The average molecular weight is 360 g/mol. The molecule has 2 heterocycles. The number of nitrogens with zero attached hydrogens (tertiary/aromatic N) is 3. The number of thioether (sulfide) groups is 1. The van der Waals surface area contributed by atoms with Crippen molar-refractivity contribution in [2.45, 2.75) is 37.0 Å². The first-order valence-electron chi connectivity index (χ1n) is 7.62. The number of fused-ring (bicyclic) bond motifs is 1. The second-order valence-electron chi connectivity index (χ2n) is 6.49. The van der Waals surface area contributed by atoms with Crippen LogP contribution in [0.3, 0.4) is 0 Å². The number of rotatable bonds is 3. The minimum atomic E-state index is -0.399. The summed E-state index contributed by atoms with van der Waals surface area (Å²) >= 11 is 7.72. The summed E-state index contributed by atoms with van der Waals surface area (Å²) in [7, 11) is 0. The van der Waals surface area contributed by atoms with E-state index in [1.165, 1.54) is 16.4 Å². The minimum absolute atomic E-state index is 0.214. The van der Waals surface area contributed by atoms with Gasteiger partial charge in [0.15, 0.2) is 0 Å². The fourth-order valence-corrected chi connectivity index (χ4v) is 3.43. The van der Waals surface area contributed by atoms with Gasteiger partial charge in [-0.15, -0.1) is 11.8 Å². The standard InChI is InChI=1S/C18H18ClN3OS/c1-18(2,3)22-17(23)16(19)15(10-20-22)24-11-13-9-8-12-6-4-5-7-14(12)21-13/h4-10H,11H2,1-3H3. The van der Waals surface area contributed by atoms with E-state index in [1.54, 1.807) is 6.20 Å². The van der Waals surface area contributed by atoms with Gasteiger partial charge in [0.25, 0.3) is 5.56 Å². The van der Waals surface area contributed by atoms with Gasteiger partial charge in [-0.1, -0.05) is 35.9 Å². The average Bonchev–Trinajstić information content (AvgIpc) is 2.55.